The van der Waals surface area contributed by atoms with E-state index in [-0.39, 0.29) is 11.1 Å². The molecule has 20 heavy (non-hydrogen) atoms. The number of nitrogens with one attached hydrogen (secondary N) is 2. The van der Waals surface area contributed by atoms with Crippen molar-refractivity contribution in [3.05, 3.63) is 51.6 Å². The van der Waals surface area contributed by atoms with Crippen molar-refractivity contribution in [3.63, 3.8) is 0 Å². The molecule has 0 fully saturated rings. The van der Waals surface area contributed by atoms with Crippen molar-refractivity contribution in [1.29, 1.82) is 0 Å². The molecule has 0 saturated heterocycles. The van der Waals surface area contributed by atoms with Crippen molar-refractivity contribution < 1.29 is 4.79 Å². The summed E-state index contributed by atoms with van der Waals surface area (Å²) in [4.78, 5) is 16.3. The van der Waals surface area contributed by atoms with Crippen molar-refractivity contribution in [1.82, 2.24) is 4.98 Å². The summed E-state index contributed by atoms with van der Waals surface area (Å²) in [5.74, 6) is 0.345. The number of halogens is 2. The van der Waals surface area contributed by atoms with E-state index in [2.05, 4.69) is 31.5 Å². The molecule has 2 aromatic rings. The number of rotatable bonds is 4. The van der Waals surface area contributed by atoms with Crippen LogP contribution < -0.4 is 10.6 Å². The Kier molecular flexibility index (Phi) is 4.98. The molecule has 0 radical (unpaired) electrons. The molecule has 1 aromatic carbocycles. The second-order valence-electron chi connectivity index (χ2n) is 4.03. The van der Waals surface area contributed by atoms with Gasteiger partial charge in [0.1, 0.15) is 11.0 Å². The lowest BCUT2D eigenvalue weighted by atomic mass is 10.2. The first-order chi connectivity index (χ1) is 9.60. The summed E-state index contributed by atoms with van der Waals surface area (Å²) in [6, 6.07) is 10.6. The van der Waals surface area contributed by atoms with E-state index in [0.717, 1.165) is 4.47 Å². The maximum absolute atomic E-state index is 12.2. The number of carbonyl (C=O) groups is 1. The summed E-state index contributed by atoms with van der Waals surface area (Å²) in [6.07, 6.45) is 0. The summed E-state index contributed by atoms with van der Waals surface area (Å²) >= 11 is 9.31. The first-order valence-electron chi connectivity index (χ1n) is 6.07. The normalized spacial score (nSPS) is 10.2. The molecule has 1 aromatic heterocycles. The van der Waals surface area contributed by atoms with Crippen LogP contribution in [-0.4, -0.2) is 17.4 Å². The lowest BCUT2D eigenvalue weighted by molar-refractivity contribution is 0.102. The molecule has 0 bridgehead atoms. The second-order valence-corrected chi connectivity index (χ2v) is 5.27. The third kappa shape index (κ3) is 3.71. The molecule has 2 rings (SSSR count). The Hall–Kier alpha value is -1.59. The van der Waals surface area contributed by atoms with E-state index in [1.165, 1.54) is 6.07 Å². The Morgan fingerprint density at radius 1 is 1.35 bits per heavy atom. The van der Waals surface area contributed by atoms with Crippen LogP contribution in [0.2, 0.25) is 5.15 Å². The highest BCUT2D eigenvalue weighted by Gasteiger charge is 2.10. The summed E-state index contributed by atoms with van der Waals surface area (Å²) in [7, 11) is 0. The number of pyridine rings is 1. The van der Waals surface area contributed by atoms with Crippen LogP contribution in [0.5, 0.6) is 0 Å². The minimum Gasteiger partial charge on any atom is -0.370 e. The maximum atomic E-state index is 12.2. The molecule has 0 aliphatic rings. The number of amides is 1. The Morgan fingerprint density at radius 2 is 2.10 bits per heavy atom. The number of anilines is 2. The van der Waals surface area contributed by atoms with E-state index in [4.69, 9.17) is 11.6 Å². The molecular formula is C14H13BrClN3O. The average molecular weight is 355 g/mol. The number of para-hydroxylation sites is 1. The quantitative estimate of drug-likeness (QED) is 0.810. The van der Waals surface area contributed by atoms with E-state index >= 15 is 0 Å². The molecule has 4 nitrogen and oxygen atoms in total. The van der Waals surface area contributed by atoms with Gasteiger partial charge >= 0.3 is 0 Å². The van der Waals surface area contributed by atoms with E-state index in [9.17, 15) is 4.79 Å². The van der Waals surface area contributed by atoms with Crippen LogP contribution in [0.1, 0.15) is 17.3 Å². The van der Waals surface area contributed by atoms with E-state index in [0.29, 0.717) is 23.6 Å². The summed E-state index contributed by atoms with van der Waals surface area (Å²) < 4.78 is 0.820. The fourth-order valence-electron chi connectivity index (χ4n) is 1.66. The minimum atomic E-state index is -0.236. The number of benzene rings is 1. The van der Waals surface area contributed by atoms with Crippen LogP contribution in [0.25, 0.3) is 0 Å². The number of carbonyl (C=O) groups excluding carboxylic acids is 1. The third-order valence-corrected chi connectivity index (χ3v) is 3.42. The van der Waals surface area contributed by atoms with E-state index in [1.54, 1.807) is 6.07 Å². The molecule has 0 aliphatic heterocycles. The molecular weight excluding hydrogens is 342 g/mol. The second kappa shape index (κ2) is 6.72. The van der Waals surface area contributed by atoms with Gasteiger partial charge in [0.15, 0.2) is 0 Å². The average Bonchev–Trinajstić information content (AvgIpc) is 2.41. The highest BCUT2D eigenvalue weighted by molar-refractivity contribution is 9.10. The SMILES string of the molecule is CCNc1cc(C(=O)Nc2ccccc2Br)cc(Cl)n1. The van der Waals surface area contributed by atoms with Crippen LogP contribution in [-0.2, 0) is 0 Å². The highest BCUT2D eigenvalue weighted by Crippen LogP contribution is 2.22. The molecule has 104 valence electrons. The van der Waals surface area contributed by atoms with Crippen LogP contribution >= 0.6 is 27.5 Å². The van der Waals surface area contributed by atoms with Gasteiger partial charge in [-0.2, -0.15) is 0 Å². The van der Waals surface area contributed by atoms with E-state index in [1.807, 2.05) is 31.2 Å². The van der Waals surface area contributed by atoms with Crippen molar-refractivity contribution in [2.45, 2.75) is 6.92 Å². The highest BCUT2D eigenvalue weighted by atomic mass is 79.9. The Morgan fingerprint density at radius 3 is 2.80 bits per heavy atom. The zero-order chi connectivity index (χ0) is 14.5. The van der Waals surface area contributed by atoms with Gasteiger partial charge in [0, 0.05) is 16.6 Å². The maximum Gasteiger partial charge on any atom is 0.255 e. The van der Waals surface area contributed by atoms with Crippen LogP contribution in [0, 0.1) is 0 Å². The fraction of sp³-hybridized carbons (Fsp3) is 0.143. The molecule has 0 unspecified atom stereocenters. The fourth-order valence-corrected chi connectivity index (χ4v) is 2.25. The molecule has 0 spiro atoms. The molecule has 1 amide bonds. The van der Waals surface area contributed by atoms with E-state index < -0.39 is 0 Å². The lowest BCUT2D eigenvalue weighted by Gasteiger charge is -2.09. The van der Waals surface area contributed by atoms with Crippen molar-refractivity contribution in [2.24, 2.45) is 0 Å². The molecule has 1 heterocycles. The van der Waals surface area contributed by atoms with Gasteiger partial charge in [-0.1, -0.05) is 23.7 Å². The first-order valence-corrected chi connectivity index (χ1v) is 7.24. The molecule has 2 N–H and O–H groups in total. The monoisotopic (exact) mass is 353 g/mol. The molecule has 0 atom stereocenters. The van der Waals surface area contributed by atoms with Gasteiger partial charge in [-0.15, -0.1) is 0 Å². The summed E-state index contributed by atoms with van der Waals surface area (Å²) in [6.45, 7) is 2.65. The number of hydrogen-bond donors (Lipinski definition) is 2. The summed E-state index contributed by atoms with van der Waals surface area (Å²) in [5.41, 5.74) is 1.16. The van der Waals surface area contributed by atoms with Gasteiger partial charge < -0.3 is 10.6 Å². The number of hydrogen-bond acceptors (Lipinski definition) is 3. The standard InChI is InChI=1S/C14H13BrClN3O/c1-2-17-13-8-9(7-12(16)19-13)14(20)18-11-6-4-3-5-10(11)15/h3-8H,2H2,1H3,(H,17,19)(H,18,20). The Balaban J connectivity index is 2.23. The minimum absolute atomic E-state index is 0.236. The Labute approximate surface area is 130 Å². The molecule has 0 aliphatic carbocycles. The van der Waals surface area contributed by atoms with Gasteiger partial charge in [0.2, 0.25) is 0 Å². The van der Waals surface area contributed by atoms with Gasteiger partial charge in [0.05, 0.1) is 5.69 Å². The largest absolute Gasteiger partial charge is 0.370 e. The van der Waals surface area contributed by atoms with Gasteiger partial charge in [0.25, 0.3) is 5.91 Å². The molecule has 0 saturated carbocycles. The van der Waals surface area contributed by atoms with Crippen molar-refractivity contribution >= 4 is 44.9 Å². The van der Waals surface area contributed by atoms with Gasteiger partial charge in [-0.3, -0.25) is 4.79 Å². The number of aromatic nitrogens is 1. The van der Waals surface area contributed by atoms with Gasteiger partial charge in [-0.25, -0.2) is 4.98 Å². The molecule has 6 heteroatoms. The number of nitrogens with zero attached hydrogens (tertiary/aromatic N) is 1. The smallest absolute Gasteiger partial charge is 0.255 e. The van der Waals surface area contributed by atoms with Crippen LogP contribution in [0.4, 0.5) is 11.5 Å². The third-order valence-electron chi connectivity index (χ3n) is 2.54. The predicted molar refractivity (Wildman–Crippen MR) is 85.5 cm³/mol. The first kappa shape index (κ1) is 14.8. The van der Waals surface area contributed by atoms with Gasteiger partial charge in [-0.05, 0) is 47.1 Å². The predicted octanol–water partition coefficient (Wildman–Crippen LogP) is 4.18. The van der Waals surface area contributed by atoms with Crippen LogP contribution in [0.15, 0.2) is 40.9 Å². The lowest BCUT2D eigenvalue weighted by Crippen LogP contribution is -2.13. The zero-order valence-electron chi connectivity index (χ0n) is 10.8. The Bertz CT molecular complexity index is 634. The topological polar surface area (TPSA) is 54.0 Å². The van der Waals surface area contributed by atoms with Crippen LogP contribution in [0.3, 0.4) is 0 Å². The summed E-state index contributed by atoms with van der Waals surface area (Å²) in [5, 5.41) is 6.14. The zero-order valence-corrected chi connectivity index (χ0v) is 13.1. The van der Waals surface area contributed by atoms with Crippen molar-refractivity contribution in [3.8, 4) is 0 Å². The van der Waals surface area contributed by atoms with Crippen molar-refractivity contribution in [2.75, 3.05) is 17.2 Å².